The maximum atomic E-state index is 12.2. The Morgan fingerprint density at radius 3 is 2.62 bits per heavy atom. The fourth-order valence-electron chi connectivity index (χ4n) is 3.75. The van der Waals surface area contributed by atoms with Crippen LogP contribution in [0.3, 0.4) is 0 Å². The maximum absolute atomic E-state index is 12.2. The Balaban J connectivity index is 1.43. The lowest BCUT2D eigenvalue weighted by molar-refractivity contribution is -0.123. The van der Waals surface area contributed by atoms with E-state index in [1.165, 1.54) is 11.1 Å². The van der Waals surface area contributed by atoms with Crippen molar-refractivity contribution in [3.05, 3.63) is 70.9 Å². The third kappa shape index (κ3) is 4.61. The van der Waals surface area contributed by atoms with Crippen LogP contribution in [-0.4, -0.2) is 38.8 Å². The molecule has 1 aromatic carbocycles. The summed E-state index contributed by atoms with van der Waals surface area (Å²) in [5.41, 5.74) is 6.64. The summed E-state index contributed by atoms with van der Waals surface area (Å²) in [7, 11) is 1.84. The minimum Gasteiger partial charge on any atom is -0.468 e. The van der Waals surface area contributed by atoms with Gasteiger partial charge in [-0.3, -0.25) is 9.78 Å². The Bertz CT molecular complexity index is 1280. The lowest BCUT2D eigenvalue weighted by atomic mass is 10.1. The van der Waals surface area contributed by atoms with Gasteiger partial charge in [0.2, 0.25) is 5.88 Å². The minimum absolute atomic E-state index is 0.0874. The molecule has 0 aliphatic heterocycles. The van der Waals surface area contributed by atoms with E-state index < -0.39 is 0 Å². The van der Waals surface area contributed by atoms with Crippen LogP contribution in [-0.2, 0) is 18.3 Å². The first-order valence-corrected chi connectivity index (χ1v) is 10.6. The number of aromatic nitrogens is 4. The number of carbonyl (C=O) groups excluding carboxylic acids is 1. The zero-order valence-electron chi connectivity index (χ0n) is 18.8. The molecule has 0 radical (unpaired) electrons. The number of ether oxygens (including phenoxy) is 1. The van der Waals surface area contributed by atoms with Crippen molar-refractivity contribution >= 4 is 16.9 Å². The van der Waals surface area contributed by atoms with E-state index in [0.717, 1.165) is 34.5 Å². The molecule has 0 bridgehead atoms. The molecule has 0 saturated heterocycles. The first-order chi connectivity index (χ1) is 15.4. The fourth-order valence-corrected chi connectivity index (χ4v) is 3.75. The van der Waals surface area contributed by atoms with Crippen molar-refractivity contribution < 1.29 is 9.53 Å². The van der Waals surface area contributed by atoms with E-state index in [4.69, 9.17) is 4.74 Å². The molecule has 7 heteroatoms. The number of pyridine rings is 2. The number of rotatable bonds is 7. The molecule has 0 spiro atoms. The van der Waals surface area contributed by atoms with E-state index >= 15 is 0 Å². The highest BCUT2D eigenvalue weighted by atomic mass is 16.5. The van der Waals surface area contributed by atoms with Crippen LogP contribution in [0.15, 0.2) is 48.5 Å². The van der Waals surface area contributed by atoms with Crippen molar-refractivity contribution in [1.29, 1.82) is 0 Å². The number of aryl methyl sites for hydroxylation is 4. The predicted octanol–water partition coefficient (Wildman–Crippen LogP) is 3.69. The summed E-state index contributed by atoms with van der Waals surface area (Å²) in [6.07, 6.45) is 0.784. The molecular formula is C25H27N5O2. The third-order valence-electron chi connectivity index (χ3n) is 5.43. The third-order valence-corrected chi connectivity index (χ3v) is 5.43. The highest BCUT2D eigenvalue weighted by Crippen LogP contribution is 2.30. The van der Waals surface area contributed by atoms with Gasteiger partial charge in [-0.15, -0.1) is 0 Å². The van der Waals surface area contributed by atoms with E-state index in [0.29, 0.717) is 18.1 Å². The van der Waals surface area contributed by atoms with Crippen LogP contribution in [0.25, 0.3) is 22.4 Å². The molecule has 4 aromatic rings. The summed E-state index contributed by atoms with van der Waals surface area (Å²) in [6, 6.07) is 15.9. The predicted molar refractivity (Wildman–Crippen MR) is 125 cm³/mol. The van der Waals surface area contributed by atoms with Crippen LogP contribution in [0.1, 0.15) is 22.4 Å². The van der Waals surface area contributed by atoms with Gasteiger partial charge in [-0.25, -0.2) is 4.68 Å². The van der Waals surface area contributed by atoms with Crippen LogP contribution in [0.2, 0.25) is 0 Å². The summed E-state index contributed by atoms with van der Waals surface area (Å²) >= 11 is 0. The zero-order valence-corrected chi connectivity index (χ0v) is 18.8. The van der Waals surface area contributed by atoms with Crippen molar-refractivity contribution in [2.24, 2.45) is 7.05 Å². The number of nitrogens with one attached hydrogen (secondary N) is 1. The Hall–Kier alpha value is -3.74. The first-order valence-electron chi connectivity index (χ1n) is 10.6. The number of fused-ring (bicyclic) bond motifs is 1. The monoisotopic (exact) mass is 429 g/mol. The smallest absolute Gasteiger partial charge is 0.258 e. The average molecular weight is 430 g/mol. The van der Waals surface area contributed by atoms with E-state index in [9.17, 15) is 4.79 Å². The number of benzene rings is 1. The molecule has 164 valence electrons. The quantitative estimate of drug-likeness (QED) is 0.485. The van der Waals surface area contributed by atoms with Gasteiger partial charge in [0.25, 0.3) is 5.91 Å². The Morgan fingerprint density at radius 1 is 1.03 bits per heavy atom. The number of hydrogen-bond donors (Lipinski definition) is 1. The highest BCUT2D eigenvalue weighted by Gasteiger charge is 2.17. The van der Waals surface area contributed by atoms with E-state index in [1.807, 2.05) is 57.3 Å². The van der Waals surface area contributed by atoms with Crippen LogP contribution < -0.4 is 10.1 Å². The number of carbonyl (C=O) groups is 1. The molecular weight excluding hydrogens is 402 g/mol. The Kier molecular flexibility index (Phi) is 6.16. The van der Waals surface area contributed by atoms with Crippen molar-refractivity contribution in [2.45, 2.75) is 27.2 Å². The van der Waals surface area contributed by atoms with Gasteiger partial charge in [0, 0.05) is 25.4 Å². The van der Waals surface area contributed by atoms with Crippen molar-refractivity contribution in [3.8, 4) is 17.3 Å². The largest absolute Gasteiger partial charge is 0.468 e. The van der Waals surface area contributed by atoms with Crippen molar-refractivity contribution in [3.63, 3.8) is 0 Å². The SMILES string of the molecule is Cc1cccc(-c2nn(C)c3nc(OCC(=O)NCCc4ccccc4C)cc(C)c23)n1. The lowest BCUT2D eigenvalue weighted by Crippen LogP contribution is -2.30. The van der Waals surface area contributed by atoms with Gasteiger partial charge < -0.3 is 10.1 Å². The molecule has 4 rings (SSSR count). The van der Waals surface area contributed by atoms with Crippen LogP contribution in [0, 0.1) is 20.8 Å². The second-order valence-electron chi connectivity index (χ2n) is 7.93. The molecule has 3 heterocycles. The van der Waals surface area contributed by atoms with Crippen LogP contribution in [0.5, 0.6) is 5.88 Å². The first kappa shape index (κ1) is 21.5. The average Bonchev–Trinajstić information content (AvgIpc) is 3.11. The fraction of sp³-hybridized carbons (Fsp3) is 0.280. The molecule has 3 aromatic heterocycles. The molecule has 7 nitrogen and oxygen atoms in total. The number of amides is 1. The molecule has 1 amide bonds. The maximum Gasteiger partial charge on any atom is 0.258 e. The topological polar surface area (TPSA) is 81.9 Å². The Morgan fingerprint density at radius 2 is 1.84 bits per heavy atom. The summed E-state index contributed by atoms with van der Waals surface area (Å²) in [5, 5.41) is 8.47. The van der Waals surface area contributed by atoms with Gasteiger partial charge in [0.15, 0.2) is 12.3 Å². The summed E-state index contributed by atoms with van der Waals surface area (Å²) in [6.45, 7) is 6.49. The van der Waals surface area contributed by atoms with E-state index in [2.05, 4.69) is 39.4 Å². The van der Waals surface area contributed by atoms with Gasteiger partial charge in [-0.1, -0.05) is 30.3 Å². The number of hydrogen-bond acceptors (Lipinski definition) is 5. The molecule has 0 aliphatic rings. The van der Waals surface area contributed by atoms with Gasteiger partial charge in [-0.05, 0) is 56.0 Å². The molecule has 0 aliphatic carbocycles. The molecule has 0 atom stereocenters. The van der Waals surface area contributed by atoms with Gasteiger partial charge in [-0.2, -0.15) is 10.1 Å². The molecule has 0 saturated carbocycles. The van der Waals surface area contributed by atoms with E-state index in [-0.39, 0.29) is 12.5 Å². The summed E-state index contributed by atoms with van der Waals surface area (Å²) < 4.78 is 7.41. The lowest BCUT2D eigenvalue weighted by Gasteiger charge is -2.09. The standard InChI is InChI=1S/C25H27N5O2/c1-16-8-5-6-10-19(16)12-13-26-21(31)15-32-22-14-17(2)23-24(29-30(4)25(23)28-22)20-11-7-9-18(3)27-20/h5-11,14H,12-13,15H2,1-4H3,(H,26,31). The highest BCUT2D eigenvalue weighted by molar-refractivity contribution is 5.93. The normalized spacial score (nSPS) is 11.0. The van der Waals surface area contributed by atoms with Gasteiger partial charge in [0.1, 0.15) is 5.69 Å². The van der Waals surface area contributed by atoms with Gasteiger partial charge >= 0.3 is 0 Å². The molecule has 1 N–H and O–H groups in total. The minimum atomic E-state index is -0.173. The number of nitrogens with zero attached hydrogens (tertiary/aromatic N) is 4. The van der Waals surface area contributed by atoms with Crippen LogP contribution in [0.4, 0.5) is 0 Å². The molecule has 0 fully saturated rings. The van der Waals surface area contributed by atoms with E-state index in [1.54, 1.807) is 4.68 Å². The summed E-state index contributed by atoms with van der Waals surface area (Å²) in [4.78, 5) is 21.4. The van der Waals surface area contributed by atoms with Crippen LogP contribution >= 0.6 is 0 Å². The van der Waals surface area contributed by atoms with Gasteiger partial charge in [0.05, 0.1) is 11.1 Å². The van der Waals surface area contributed by atoms with Crippen molar-refractivity contribution in [1.82, 2.24) is 25.1 Å². The second-order valence-corrected chi connectivity index (χ2v) is 7.93. The summed E-state index contributed by atoms with van der Waals surface area (Å²) in [5.74, 6) is 0.226. The molecule has 32 heavy (non-hydrogen) atoms. The second kappa shape index (κ2) is 9.18. The zero-order chi connectivity index (χ0) is 22.7. The van der Waals surface area contributed by atoms with Crippen molar-refractivity contribution in [2.75, 3.05) is 13.2 Å². The Labute approximate surface area is 187 Å². The molecule has 0 unspecified atom stereocenters.